The number of benzene rings is 2. The van der Waals surface area contributed by atoms with E-state index in [9.17, 15) is 19.5 Å². The number of aldehydes is 1. The highest BCUT2D eigenvalue weighted by atomic mass is 35.5. The second-order valence-electron chi connectivity index (χ2n) is 6.51. The van der Waals surface area contributed by atoms with Gasteiger partial charge in [-0.2, -0.15) is 0 Å². The number of ether oxygens (including phenoxy) is 1. The number of fused-ring (bicyclic) bond motifs is 1. The average Bonchev–Trinajstić information content (AvgIpc) is 2.97. The van der Waals surface area contributed by atoms with E-state index in [0.717, 1.165) is 5.56 Å². The Hall–Kier alpha value is -2.70. The third-order valence-electron chi connectivity index (χ3n) is 4.84. The van der Waals surface area contributed by atoms with Crippen LogP contribution in [0.3, 0.4) is 0 Å². The van der Waals surface area contributed by atoms with Gasteiger partial charge >= 0.3 is 5.97 Å². The SMILES string of the molecule is O=CCCC(C(=O)O)N1C(=O)c2ccccc2C1(CCl)OCc1ccccc1. The number of carboxylic acid groups (broad SMARTS) is 1. The molecule has 0 saturated heterocycles. The van der Waals surface area contributed by atoms with Crippen LogP contribution in [0.4, 0.5) is 0 Å². The van der Waals surface area contributed by atoms with E-state index in [1.165, 1.54) is 4.90 Å². The zero-order valence-electron chi connectivity index (χ0n) is 15.1. The molecule has 1 heterocycles. The van der Waals surface area contributed by atoms with E-state index in [-0.39, 0.29) is 25.3 Å². The third-order valence-corrected chi connectivity index (χ3v) is 5.20. The van der Waals surface area contributed by atoms with Crippen molar-refractivity contribution in [3.63, 3.8) is 0 Å². The number of hydrogen-bond acceptors (Lipinski definition) is 4. The summed E-state index contributed by atoms with van der Waals surface area (Å²) in [5.74, 6) is -1.82. The van der Waals surface area contributed by atoms with Gasteiger partial charge in [-0.3, -0.25) is 9.69 Å². The summed E-state index contributed by atoms with van der Waals surface area (Å²) in [6.07, 6.45) is 0.622. The lowest BCUT2D eigenvalue weighted by atomic mass is 10.0. The summed E-state index contributed by atoms with van der Waals surface area (Å²) in [5, 5.41) is 9.76. The lowest BCUT2D eigenvalue weighted by molar-refractivity contribution is -0.168. The first-order valence-corrected chi connectivity index (χ1v) is 9.42. The molecule has 1 amide bonds. The molecule has 2 aromatic rings. The average molecular weight is 402 g/mol. The van der Waals surface area contributed by atoms with Crippen LogP contribution in [0, 0.1) is 0 Å². The smallest absolute Gasteiger partial charge is 0.326 e. The van der Waals surface area contributed by atoms with Crippen LogP contribution in [-0.2, 0) is 26.7 Å². The zero-order chi connectivity index (χ0) is 20.1. The molecule has 7 heteroatoms. The summed E-state index contributed by atoms with van der Waals surface area (Å²) >= 11 is 6.32. The van der Waals surface area contributed by atoms with Crippen LogP contribution in [0.5, 0.6) is 0 Å². The largest absolute Gasteiger partial charge is 0.480 e. The molecule has 2 aromatic carbocycles. The molecular weight excluding hydrogens is 382 g/mol. The number of hydrogen-bond donors (Lipinski definition) is 1. The van der Waals surface area contributed by atoms with Crippen molar-refractivity contribution >= 4 is 29.8 Å². The Bertz CT molecular complexity index is 872. The minimum atomic E-state index is -1.43. The molecule has 0 aliphatic carbocycles. The van der Waals surface area contributed by atoms with E-state index in [0.29, 0.717) is 17.4 Å². The minimum Gasteiger partial charge on any atom is -0.480 e. The van der Waals surface area contributed by atoms with Crippen molar-refractivity contribution in [1.29, 1.82) is 0 Å². The number of carbonyl (C=O) groups is 3. The van der Waals surface area contributed by atoms with Crippen molar-refractivity contribution < 1.29 is 24.2 Å². The van der Waals surface area contributed by atoms with Gasteiger partial charge in [-0.15, -0.1) is 11.6 Å². The third kappa shape index (κ3) is 3.53. The number of alkyl halides is 1. The summed E-state index contributed by atoms with van der Waals surface area (Å²) in [4.78, 5) is 37.1. The molecule has 0 saturated carbocycles. The van der Waals surface area contributed by atoms with E-state index >= 15 is 0 Å². The number of carboxylic acids is 1. The molecule has 0 aromatic heterocycles. The fraction of sp³-hybridized carbons (Fsp3) is 0.286. The van der Waals surface area contributed by atoms with Gasteiger partial charge in [-0.1, -0.05) is 48.5 Å². The number of nitrogens with zero attached hydrogens (tertiary/aromatic N) is 1. The van der Waals surface area contributed by atoms with Crippen molar-refractivity contribution in [3.8, 4) is 0 Å². The summed E-state index contributed by atoms with van der Waals surface area (Å²) in [7, 11) is 0. The van der Waals surface area contributed by atoms with Gasteiger partial charge in [0.15, 0.2) is 5.72 Å². The first kappa shape index (κ1) is 20.0. The zero-order valence-corrected chi connectivity index (χ0v) is 15.8. The van der Waals surface area contributed by atoms with Crippen molar-refractivity contribution in [3.05, 3.63) is 71.3 Å². The molecule has 3 rings (SSSR count). The maximum atomic E-state index is 13.1. The Morgan fingerprint density at radius 3 is 2.50 bits per heavy atom. The second kappa shape index (κ2) is 8.54. The quantitative estimate of drug-likeness (QED) is 0.515. The Labute approximate surface area is 167 Å². The molecule has 1 N–H and O–H groups in total. The molecule has 2 atom stereocenters. The molecular formula is C21H20ClNO5. The van der Waals surface area contributed by atoms with Crippen molar-refractivity contribution in [1.82, 2.24) is 4.90 Å². The standard InChI is InChI=1S/C21H20ClNO5/c22-14-21(28-13-15-7-2-1-3-8-15)17-10-5-4-9-16(17)19(25)23(21)18(20(26)27)11-6-12-24/h1-5,7-10,12,18H,6,11,13-14H2,(H,26,27). The van der Waals surface area contributed by atoms with Crippen LogP contribution >= 0.6 is 11.6 Å². The first-order valence-electron chi connectivity index (χ1n) is 8.88. The molecule has 0 fully saturated rings. The molecule has 28 heavy (non-hydrogen) atoms. The summed E-state index contributed by atoms with van der Waals surface area (Å²) in [6.45, 7) is 0.145. The van der Waals surface area contributed by atoms with Crippen LogP contribution in [0.25, 0.3) is 0 Å². The van der Waals surface area contributed by atoms with E-state index < -0.39 is 23.6 Å². The van der Waals surface area contributed by atoms with Gasteiger partial charge in [0.05, 0.1) is 12.5 Å². The fourth-order valence-corrected chi connectivity index (χ4v) is 3.87. The Kier molecular flexibility index (Phi) is 6.11. The van der Waals surface area contributed by atoms with E-state index in [1.807, 2.05) is 30.3 Å². The molecule has 0 radical (unpaired) electrons. The van der Waals surface area contributed by atoms with Gasteiger partial charge in [-0.05, 0) is 18.1 Å². The molecule has 0 bridgehead atoms. The normalized spacial score (nSPS) is 19.3. The van der Waals surface area contributed by atoms with Gasteiger partial charge in [0.25, 0.3) is 5.91 Å². The molecule has 1 aliphatic heterocycles. The van der Waals surface area contributed by atoms with Gasteiger partial charge in [0.1, 0.15) is 12.3 Å². The summed E-state index contributed by atoms with van der Waals surface area (Å²) in [6, 6.07) is 14.9. The van der Waals surface area contributed by atoms with Crippen LogP contribution in [0.1, 0.15) is 34.3 Å². The van der Waals surface area contributed by atoms with Gasteiger partial charge in [0.2, 0.25) is 0 Å². The molecule has 1 aliphatic rings. The number of halogens is 1. The number of carbonyl (C=O) groups excluding carboxylic acids is 2. The fourth-order valence-electron chi connectivity index (χ4n) is 3.52. The van der Waals surface area contributed by atoms with E-state index in [2.05, 4.69) is 0 Å². The number of aliphatic carboxylic acids is 1. The number of rotatable bonds is 9. The van der Waals surface area contributed by atoms with Crippen LogP contribution in [-0.4, -0.2) is 40.1 Å². The van der Waals surface area contributed by atoms with Gasteiger partial charge in [-0.25, -0.2) is 4.79 Å². The maximum absolute atomic E-state index is 13.1. The van der Waals surface area contributed by atoms with Crippen molar-refractivity contribution in [2.75, 3.05) is 5.88 Å². The minimum absolute atomic E-state index is 0.00808. The highest BCUT2D eigenvalue weighted by molar-refractivity contribution is 6.19. The molecule has 2 unspecified atom stereocenters. The lowest BCUT2D eigenvalue weighted by Crippen LogP contribution is -2.55. The van der Waals surface area contributed by atoms with Crippen molar-refractivity contribution in [2.45, 2.75) is 31.2 Å². The highest BCUT2D eigenvalue weighted by Crippen LogP contribution is 2.43. The number of amides is 1. The highest BCUT2D eigenvalue weighted by Gasteiger charge is 2.54. The first-order chi connectivity index (χ1) is 13.5. The second-order valence-corrected chi connectivity index (χ2v) is 6.78. The maximum Gasteiger partial charge on any atom is 0.326 e. The summed E-state index contributed by atoms with van der Waals surface area (Å²) in [5.41, 5.74) is 0.317. The van der Waals surface area contributed by atoms with E-state index in [1.54, 1.807) is 24.3 Å². The predicted octanol–water partition coefficient (Wildman–Crippen LogP) is 3.18. The lowest BCUT2D eigenvalue weighted by Gasteiger charge is -2.40. The predicted molar refractivity (Wildman–Crippen MR) is 103 cm³/mol. The van der Waals surface area contributed by atoms with Crippen LogP contribution in [0.2, 0.25) is 0 Å². The summed E-state index contributed by atoms with van der Waals surface area (Å²) < 4.78 is 6.17. The Balaban J connectivity index is 2.05. The van der Waals surface area contributed by atoms with Crippen LogP contribution < -0.4 is 0 Å². The van der Waals surface area contributed by atoms with Crippen LogP contribution in [0.15, 0.2) is 54.6 Å². The molecule has 0 spiro atoms. The Morgan fingerprint density at radius 1 is 1.18 bits per heavy atom. The van der Waals surface area contributed by atoms with E-state index in [4.69, 9.17) is 16.3 Å². The van der Waals surface area contributed by atoms with Gasteiger partial charge < -0.3 is 14.6 Å². The monoisotopic (exact) mass is 401 g/mol. The van der Waals surface area contributed by atoms with Gasteiger partial charge in [0, 0.05) is 17.5 Å². The Morgan fingerprint density at radius 2 is 1.86 bits per heavy atom. The van der Waals surface area contributed by atoms with Crippen molar-refractivity contribution in [2.24, 2.45) is 0 Å². The molecule has 146 valence electrons. The topological polar surface area (TPSA) is 83.9 Å². The molecule has 6 nitrogen and oxygen atoms in total.